The van der Waals surface area contributed by atoms with Crippen molar-refractivity contribution in [2.75, 3.05) is 5.73 Å². The lowest BCUT2D eigenvalue weighted by Crippen LogP contribution is -2.09. The zero-order chi connectivity index (χ0) is 19.1. The van der Waals surface area contributed by atoms with Crippen molar-refractivity contribution in [3.05, 3.63) is 83.4 Å². The van der Waals surface area contributed by atoms with Gasteiger partial charge in [-0.25, -0.2) is 18.2 Å². The summed E-state index contributed by atoms with van der Waals surface area (Å²) in [7, 11) is 0. The highest BCUT2D eigenvalue weighted by Gasteiger charge is 2.23. The van der Waals surface area contributed by atoms with Gasteiger partial charge in [0.05, 0.1) is 11.3 Å². The topological polar surface area (TPSA) is 71.8 Å². The highest BCUT2D eigenvalue weighted by atomic mass is 19.1. The first-order valence-corrected chi connectivity index (χ1v) is 7.97. The lowest BCUT2D eigenvalue weighted by molar-refractivity contribution is 0.103. The van der Waals surface area contributed by atoms with Crippen LogP contribution in [0.25, 0.3) is 22.2 Å². The van der Waals surface area contributed by atoms with Crippen molar-refractivity contribution in [3.63, 3.8) is 0 Å². The molecule has 4 rings (SSSR count). The molecule has 0 amide bonds. The van der Waals surface area contributed by atoms with Crippen LogP contribution in [0.2, 0.25) is 0 Å². The van der Waals surface area contributed by atoms with E-state index in [1.54, 1.807) is 24.4 Å². The van der Waals surface area contributed by atoms with E-state index in [1.165, 1.54) is 18.3 Å². The SMILES string of the molecule is Nc1ccc(F)c(C(=O)c2c[nH]c3ncc(-c4ccc(F)cc4)cc23)c1F. The van der Waals surface area contributed by atoms with Crippen molar-refractivity contribution in [3.8, 4) is 11.1 Å². The van der Waals surface area contributed by atoms with Crippen LogP contribution in [0.5, 0.6) is 0 Å². The summed E-state index contributed by atoms with van der Waals surface area (Å²) in [6.45, 7) is 0. The first kappa shape index (κ1) is 16.8. The van der Waals surface area contributed by atoms with Crippen LogP contribution in [-0.4, -0.2) is 15.8 Å². The Labute approximate surface area is 151 Å². The molecular weight excluding hydrogens is 355 g/mol. The van der Waals surface area contributed by atoms with Crippen LogP contribution >= 0.6 is 0 Å². The maximum atomic E-state index is 14.2. The number of nitrogen functional groups attached to an aromatic ring is 1. The van der Waals surface area contributed by atoms with E-state index in [0.29, 0.717) is 22.2 Å². The molecule has 0 radical (unpaired) electrons. The van der Waals surface area contributed by atoms with E-state index in [4.69, 9.17) is 5.73 Å². The number of nitrogens with zero attached hydrogens (tertiary/aromatic N) is 1. The number of carbonyl (C=O) groups is 1. The fraction of sp³-hybridized carbons (Fsp3) is 0. The molecule has 0 aliphatic heterocycles. The van der Waals surface area contributed by atoms with Gasteiger partial charge in [0.25, 0.3) is 0 Å². The number of benzene rings is 2. The van der Waals surface area contributed by atoms with E-state index in [9.17, 15) is 18.0 Å². The Hall–Kier alpha value is -3.61. The molecule has 27 heavy (non-hydrogen) atoms. The Morgan fingerprint density at radius 1 is 1.00 bits per heavy atom. The second-order valence-electron chi connectivity index (χ2n) is 5.98. The van der Waals surface area contributed by atoms with E-state index in [-0.39, 0.29) is 17.1 Å². The number of aromatic amines is 1. The van der Waals surface area contributed by atoms with Crippen LogP contribution in [0.1, 0.15) is 15.9 Å². The summed E-state index contributed by atoms with van der Waals surface area (Å²) in [6.07, 6.45) is 2.90. The fourth-order valence-electron chi connectivity index (χ4n) is 2.90. The maximum absolute atomic E-state index is 14.2. The standard InChI is InChI=1S/C20H12F3N3O/c21-12-3-1-10(2-4-12)11-7-13-14(9-26-20(13)25-8-11)19(27)17-15(22)5-6-16(24)18(17)23/h1-9H,24H2,(H,25,26). The molecule has 134 valence electrons. The smallest absolute Gasteiger partial charge is 0.201 e. The van der Waals surface area contributed by atoms with Crippen LogP contribution < -0.4 is 5.73 Å². The normalized spacial score (nSPS) is 11.1. The van der Waals surface area contributed by atoms with Crippen molar-refractivity contribution < 1.29 is 18.0 Å². The predicted molar refractivity (Wildman–Crippen MR) is 95.7 cm³/mol. The Balaban J connectivity index is 1.86. The number of halogens is 3. The van der Waals surface area contributed by atoms with Gasteiger partial charge in [0.1, 0.15) is 17.3 Å². The zero-order valence-corrected chi connectivity index (χ0v) is 13.8. The summed E-state index contributed by atoms with van der Waals surface area (Å²) in [5.41, 5.74) is 6.19. The summed E-state index contributed by atoms with van der Waals surface area (Å²) in [4.78, 5) is 19.8. The Morgan fingerprint density at radius 2 is 1.74 bits per heavy atom. The molecule has 2 heterocycles. The van der Waals surface area contributed by atoms with E-state index in [2.05, 4.69) is 9.97 Å². The number of rotatable bonds is 3. The number of hydrogen-bond acceptors (Lipinski definition) is 3. The Bertz CT molecular complexity index is 1180. The number of nitrogens with two attached hydrogens (primary N) is 1. The van der Waals surface area contributed by atoms with Crippen molar-refractivity contribution in [1.29, 1.82) is 0 Å². The van der Waals surface area contributed by atoms with Crippen LogP contribution in [-0.2, 0) is 0 Å². The average molecular weight is 367 g/mol. The van der Waals surface area contributed by atoms with Crippen molar-refractivity contribution in [2.24, 2.45) is 0 Å². The minimum Gasteiger partial charge on any atom is -0.396 e. The molecule has 4 nitrogen and oxygen atoms in total. The van der Waals surface area contributed by atoms with Crippen LogP contribution in [0.15, 0.2) is 54.9 Å². The molecule has 0 atom stereocenters. The molecule has 0 aliphatic carbocycles. The Morgan fingerprint density at radius 3 is 2.48 bits per heavy atom. The number of anilines is 1. The second-order valence-corrected chi connectivity index (χ2v) is 5.98. The summed E-state index contributed by atoms with van der Waals surface area (Å²) < 4.78 is 41.4. The summed E-state index contributed by atoms with van der Waals surface area (Å²) in [5.74, 6) is -3.32. The van der Waals surface area contributed by atoms with Gasteiger partial charge in [0.2, 0.25) is 5.78 Å². The third-order valence-corrected chi connectivity index (χ3v) is 4.30. The largest absolute Gasteiger partial charge is 0.396 e. The highest BCUT2D eigenvalue weighted by Crippen LogP contribution is 2.28. The first-order chi connectivity index (χ1) is 13.0. The number of fused-ring (bicyclic) bond motifs is 1. The van der Waals surface area contributed by atoms with Crippen molar-refractivity contribution >= 4 is 22.5 Å². The van der Waals surface area contributed by atoms with E-state index < -0.39 is 23.0 Å². The van der Waals surface area contributed by atoms with Gasteiger partial charge in [-0.2, -0.15) is 0 Å². The Kier molecular flexibility index (Phi) is 3.92. The minimum atomic E-state index is -1.10. The molecule has 0 fully saturated rings. The van der Waals surface area contributed by atoms with Gasteiger partial charge in [-0.3, -0.25) is 4.79 Å². The molecule has 4 aromatic rings. The van der Waals surface area contributed by atoms with E-state index >= 15 is 0 Å². The second kappa shape index (κ2) is 6.28. The number of ketones is 1. The summed E-state index contributed by atoms with van der Waals surface area (Å²) in [5, 5.41) is 0.392. The van der Waals surface area contributed by atoms with Gasteiger partial charge in [0, 0.05) is 28.9 Å². The van der Waals surface area contributed by atoms with Gasteiger partial charge >= 0.3 is 0 Å². The molecule has 0 aliphatic rings. The number of aromatic nitrogens is 2. The number of pyridine rings is 1. The molecule has 2 aromatic heterocycles. The van der Waals surface area contributed by atoms with Crippen LogP contribution in [0.4, 0.5) is 18.9 Å². The molecule has 0 saturated carbocycles. The third kappa shape index (κ3) is 2.83. The molecule has 0 unspecified atom stereocenters. The molecular formula is C20H12F3N3O. The minimum absolute atomic E-state index is 0.0601. The van der Waals surface area contributed by atoms with Gasteiger partial charge < -0.3 is 10.7 Å². The number of nitrogens with one attached hydrogen (secondary N) is 1. The third-order valence-electron chi connectivity index (χ3n) is 4.30. The van der Waals surface area contributed by atoms with Crippen molar-refractivity contribution in [2.45, 2.75) is 0 Å². The monoisotopic (exact) mass is 367 g/mol. The molecule has 3 N–H and O–H groups in total. The fourth-order valence-corrected chi connectivity index (χ4v) is 2.90. The maximum Gasteiger partial charge on any atom is 0.201 e. The summed E-state index contributed by atoms with van der Waals surface area (Å²) >= 11 is 0. The number of carbonyl (C=O) groups excluding carboxylic acids is 1. The predicted octanol–water partition coefficient (Wildman–Crippen LogP) is 4.46. The molecule has 2 aromatic carbocycles. The molecule has 7 heteroatoms. The average Bonchev–Trinajstić information content (AvgIpc) is 3.09. The first-order valence-electron chi connectivity index (χ1n) is 7.97. The molecule has 0 bridgehead atoms. The quantitative estimate of drug-likeness (QED) is 0.415. The lowest BCUT2D eigenvalue weighted by Gasteiger charge is -2.06. The van der Waals surface area contributed by atoms with Gasteiger partial charge in [0.15, 0.2) is 5.82 Å². The van der Waals surface area contributed by atoms with Gasteiger partial charge in [-0.1, -0.05) is 12.1 Å². The number of H-pyrrole nitrogens is 1. The molecule has 0 spiro atoms. The summed E-state index contributed by atoms with van der Waals surface area (Å²) in [6, 6.07) is 9.42. The van der Waals surface area contributed by atoms with Gasteiger partial charge in [-0.05, 0) is 35.9 Å². The number of hydrogen-bond donors (Lipinski definition) is 2. The molecule has 0 saturated heterocycles. The van der Waals surface area contributed by atoms with Crippen molar-refractivity contribution in [1.82, 2.24) is 9.97 Å². The van der Waals surface area contributed by atoms with E-state index in [0.717, 1.165) is 12.1 Å². The zero-order valence-electron chi connectivity index (χ0n) is 13.8. The van der Waals surface area contributed by atoms with Crippen LogP contribution in [0.3, 0.4) is 0 Å². The van der Waals surface area contributed by atoms with Crippen LogP contribution in [0, 0.1) is 17.5 Å². The highest BCUT2D eigenvalue weighted by molar-refractivity contribution is 6.16. The van der Waals surface area contributed by atoms with E-state index in [1.807, 2.05) is 0 Å². The lowest BCUT2D eigenvalue weighted by atomic mass is 10.00. The van der Waals surface area contributed by atoms with Gasteiger partial charge in [-0.15, -0.1) is 0 Å².